The molecule has 2 aromatic rings. The molecule has 1 N–H and O–H groups in total. The zero-order valence-electron chi connectivity index (χ0n) is 13.1. The van der Waals surface area contributed by atoms with Crippen molar-refractivity contribution >= 4 is 12.4 Å². The fourth-order valence-electron chi connectivity index (χ4n) is 2.55. The predicted octanol–water partition coefficient (Wildman–Crippen LogP) is 4.19. The molecule has 120 valence electrons. The van der Waals surface area contributed by atoms with Crippen LogP contribution in [0.15, 0.2) is 30.3 Å². The second-order valence-corrected chi connectivity index (χ2v) is 6.10. The molecule has 3 rings (SSSR count). The number of nitrogens with one attached hydrogen (secondary N) is 1. The van der Waals surface area contributed by atoms with Gasteiger partial charge in [0.1, 0.15) is 5.82 Å². The average molecular weight is 324 g/mol. The van der Waals surface area contributed by atoms with Gasteiger partial charge >= 0.3 is 0 Å². The van der Waals surface area contributed by atoms with E-state index in [4.69, 9.17) is 5.10 Å². The summed E-state index contributed by atoms with van der Waals surface area (Å²) in [7, 11) is 0. The van der Waals surface area contributed by atoms with E-state index in [0.717, 1.165) is 18.7 Å². The molecule has 0 atom stereocenters. The summed E-state index contributed by atoms with van der Waals surface area (Å²) in [6, 6.07) is 9.24. The highest BCUT2D eigenvalue weighted by Crippen LogP contribution is 2.39. The second kappa shape index (κ2) is 7.25. The molecule has 5 heteroatoms. The Morgan fingerprint density at radius 1 is 1.23 bits per heavy atom. The summed E-state index contributed by atoms with van der Waals surface area (Å²) in [5, 5.41) is 8.16. The standard InChI is InChI=1S/C17H22FN3.ClH/c1-12(2)21-16(9-17(20-21)14-5-6-14)11-19-10-13-3-7-15(18)8-4-13;/h3-4,7-9,12,14,19H,5-6,10-11H2,1-2H3;1H. The van der Waals surface area contributed by atoms with E-state index in [9.17, 15) is 4.39 Å². The van der Waals surface area contributed by atoms with Crippen molar-refractivity contribution in [3.8, 4) is 0 Å². The van der Waals surface area contributed by atoms with E-state index in [1.807, 2.05) is 12.1 Å². The van der Waals surface area contributed by atoms with Crippen LogP contribution in [0.1, 0.15) is 55.6 Å². The Hall–Kier alpha value is -1.39. The fraction of sp³-hybridized carbons (Fsp3) is 0.471. The van der Waals surface area contributed by atoms with E-state index >= 15 is 0 Å². The van der Waals surface area contributed by atoms with Crippen molar-refractivity contribution in [2.24, 2.45) is 0 Å². The van der Waals surface area contributed by atoms with Crippen LogP contribution in [-0.4, -0.2) is 9.78 Å². The van der Waals surface area contributed by atoms with Crippen molar-refractivity contribution in [3.63, 3.8) is 0 Å². The van der Waals surface area contributed by atoms with Gasteiger partial charge in [-0.2, -0.15) is 5.10 Å². The summed E-state index contributed by atoms with van der Waals surface area (Å²) in [5.41, 5.74) is 3.56. The van der Waals surface area contributed by atoms with Gasteiger partial charge in [-0.1, -0.05) is 12.1 Å². The minimum atomic E-state index is -0.189. The summed E-state index contributed by atoms with van der Waals surface area (Å²) in [6.07, 6.45) is 2.55. The smallest absolute Gasteiger partial charge is 0.123 e. The molecular formula is C17H23ClFN3. The molecule has 1 heterocycles. The maximum atomic E-state index is 12.9. The van der Waals surface area contributed by atoms with Gasteiger partial charge in [0.25, 0.3) is 0 Å². The maximum Gasteiger partial charge on any atom is 0.123 e. The minimum absolute atomic E-state index is 0. The van der Waals surface area contributed by atoms with Gasteiger partial charge in [0.2, 0.25) is 0 Å². The fourth-order valence-corrected chi connectivity index (χ4v) is 2.55. The molecule has 1 aliphatic rings. The molecule has 0 bridgehead atoms. The highest BCUT2D eigenvalue weighted by molar-refractivity contribution is 5.85. The molecule has 1 aromatic heterocycles. The van der Waals surface area contributed by atoms with Crippen LogP contribution in [0, 0.1) is 5.82 Å². The molecule has 0 unspecified atom stereocenters. The van der Waals surface area contributed by atoms with Crippen LogP contribution in [0.2, 0.25) is 0 Å². The van der Waals surface area contributed by atoms with Crippen molar-refractivity contribution in [2.75, 3.05) is 0 Å². The van der Waals surface area contributed by atoms with E-state index in [-0.39, 0.29) is 18.2 Å². The first-order valence-corrected chi connectivity index (χ1v) is 7.67. The lowest BCUT2D eigenvalue weighted by Crippen LogP contribution is -2.17. The predicted molar refractivity (Wildman–Crippen MR) is 88.8 cm³/mol. The SMILES string of the molecule is CC(C)n1nc(C2CC2)cc1CNCc1ccc(F)cc1.Cl. The van der Waals surface area contributed by atoms with Crippen LogP contribution in [0.3, 0.4) is 0 Å². The number of halogens is 2. The number of nitrogens with zero attached hydrogens (tertiary/aromatic N) is 2. The van der Waals surface area contributed by atoms with Gasteiger partial charge in [-0.25, -0.2) is 4.39 Å². The molecule has 1 fully saturated rings. The van der Waals surface area contributed by atoms with Crippen LogP contribution in [0.25, 0.3) is 0 Å². The quantitative estimate of drug-likeness (QED) is 0.863. The Kier molecular flexibility index (Phi) is 5.59. The number of hydrogen-bond acceptors (Lipinski definition) is 2. The maximum absolute atomic E-state index is 12.9. The van der Waals surface area contributed by atoms with E-state index in [2.05, 4.69) is 29.9 Å². The first kappa shape index (κ1) is 17.0. The summed E-state index contributed by atoms with van der Waals surface area (Å²) in [4.78, 5) is 0. The van der Waals surface area contributed by atoms with Crippen LogP contribution in [-0.2, 0) is 13.1 Å². The highest BCUT2D eigenvalue weighted by Gasteiger charge is 2.27. The van der Waals surface area contributed by atoms with Crippen LogP contribution >= 0.6 is 12.4 Å². The van der Waals surface area contributed by atoms with Crippen LogP contribution < -0.4 is 5.32 Å². The molecular weight excluding hydrogens is 301 g/mol. The molecule has 1 aliphatic carbocycles. The van der Waals surface area contributed by atoms with Gasteiger partial charge < -0.3 is 5.32 Å². The molecule has 0 radical (unpaired) electrons. The molecule has 0 amide bonds. The highest BCUT2D eigenvalue weighted by atomic mass is 35.5. The molecule has 0 spiro atoms. The van der Waals surface area contributed by atoms with E-state index in [0.29, 0.717) is 12.0 Å². The Morgan fingerprint density at radius 2 is 1.91 bits per heavy atom. The van der Waals surface area contributed by atoms with Crippen LogP contribution in [0.4, 0.5) is 4.39 Å². The zero-order chi connectivity index (χ0) is 14.8. The monoisotopic (exact) mass is 323 g/mol. The number of benzene rings is 1. The first-order valence-electron chi connectivity index (χ1n) is 7.67. The molecule has 1 saturated carbocycles. The van der Waals surface area contributed by atoms with Crippen LogP contribution in [0.5, 0.6) is 0 Å². The number of rotatable bonds is 6. The third-order valence-electron chi connectivity index (χ3n) is 3.87. The van der Waals surface area contributed by atoms with Gasteiger partial charge in [0, 0.05) is 25.0 Å². The molecule has 22 heavy (non-hydrogen) atoms. The second-order valence-electron chi connectivity index (χ2n) is 6.10. The Morgan fingerprint density at radius 3 is 2.50 bits per heavy atom. The van der Waals surface area contributed by atoms with Crippen molar-refractivity contribution in [1.82, 2.24) is 15.1 Å². The zero-order valence-corrected chi connectivity index (χ0v) is 13.9. The summed E-state index contributed by atoms with van der Waals surface area (Å²) >= 11 is 0. The third kappa shape index (κ3) is 4.08. The normalized spacial score (nSPS) is 14.2. The molecule has 0 aliphatic heterocycles. The van der Waals surface area contributed by atoms with Crippen molar-refractivity contribution < 1.29 is 4.39 Å². The largest absolute Gasteiger partial charge is 0.307 e. The molecule has 0 saturated heterocycles. The average Bonchev–Trinajstić information content (AvgIpc) is 3.22. The Bertz CT molecular complexity index is 603. The molecule has 3 nitrogen and oxygen atoms in total. The van der Waals surface area contributed by atoms with Gasteiger partial charge in [-0.3, -0.25) is 4.68 Å². The van der Waals surface area contributed by atoms with Crippen molar-refractivity contribution in [1.29, 1.82) is 0 Å². The molecule has 1 aromatic carbocycles. The minimum Gasteiger partial charge on any atom is -0.307 e. The summed E-state index contributed by atoms with van der Waals surface area (Å²) in [6.45, 7) is 5.85. The lowest BCUT2D eigenvalue weighted by Gasteiger charge is -2.11. The number of hydrogen-bond donors (Lipinski definition) is 1. The summed E-state index contributed by atoms with van der Waals surface area (Å²) in [5.74, 6) is 0.492. The van der Waals surface area contributed by atoms with E-state index in [1.54, 1.807) is 0 Å². The summed E-state index contributed by atoms with van der Waals surface area (Å²) < 4.78 is 15.0. The van der Waals surface area contributed by atoms with Crippen molar-refractivity contribution in [3.05, 3.63) is 53.1 Å². The Balaban J connectivity index is 0.00000176. The topological polar surface area (TPSA) is 29.9 Å². The Labute approximate surface area is 137 Å². The van der Waals surface area contributed by atoms with E-state index < -0.39 is 0 Å². The third-order valence-corrected chi connectivity index (χ3v) is 3.87. The number of aromatic nitrogens is 2. The van der Waals surface area contributed by atoms with Gasteiger partial charge in [0.05, 0.1) is 11.4 Å². The van der Waals surface area contributed by atoms with Gasteiger partial charge in [-0.05, 0) is 50.5 Å². The van der Waals surface area contributed by atoms with Crippen molar-refractivity contribution in [2.45, 2.75) is 51.7 Å². The van der Waals surface area contributed by atoms with E-state index in [1.165, 1.54) is 36.4 Å². The lowest BCUT2D eigenvalue weighted by molar-refractivity contribution is 0.491. The first-order chi connectivity index (χ1) is 10.1. The van der Waals surface area contributed by atoms with Gasteiger partial charge in [0.15, 0.2) is 0 Å². The van der Waals surface area contributed by atoms with Gasteiger partial charge in [-0.15, -0.1) is 12.4 Å². The lowest BCUT2D eigenvalue weighted by atomic mass is 10.2.